The first-order valence-corrected chi connectivity index (χ1v) is 4.62. The van der Waals surface area contributed by atoms with Gasteiger partial charge in [-0.05, 0) is 26.3 Å². The molecule has 68 valence electrons. The highest BCUT2D eigenvalue weighted by molar-refractivity contribution is 4.93. The average molecular weight is 168 g/mol. The zero-order valence-electron chi connectivity index (χ0n) is 7.70. The van der Waals surface area contributed by atoms with Crippen LogP contribution in [0.15, 0.2) is 10.3 Å². The number of rotatable bonds is 1. The molecule has 1 heterocycles. The van der Waals surface area contributed by atoms with Gasteiger partial charge in [-0.25, -0.2) is 0 Å². The lowest BCUT2D eigenvalue weighted by atomic mass is 9.87. The summed E-state index contributed by atoms with van der Waals surface area (Å²) in [4.78, 5) is 0. The largest absolute Gasteiger partial charge is 0.317 e. The van der Waals surface area contributed by atoms with Crippen molar-refractivity contribution in [3.63, 3.8) is 0 Å². The summed E-state index contributed by atoms with van der Waals surface area (Å²) in [5.41, 5.74) is 0. The first-order chi connectivity index (χ1) is 5.81. The number of hydrogen-bond acceptors (Lipinski definition) is 4. The van der Waals surface area contributed by atoms with E-state index < -0.39 is 0 Å². The van der Waals surface area contributed by atoms with Crippen molar-refractivity contribution in [2.75, 3.05) is 14.1 Å². The fourth-order valence-electron chi connectivity index (χ4n) is 2.17. The van der Waals surface area contributed by atoms with Crippen LogP contribution in [0.4, 0.5) is 0 Å². The van der Waals surface area contributed by atoms with E-state index in [1.165, 1.54) is 12.8 Å². The van der Waals surface area contributed by atoms with E-state index in [0.717, 1.165) is 6.42 Å². The minimum absolute atomic E-state index is 0.446. The first-order valence-electron chi connectivity index (χ1n) is 4.62. The van der Waals surface area contributed by atoms with Gasteiger partial charge in [0.25, 0.3) is 0 Å². The molecule has 0 aromatic rings. The third-order valence-corrected chi connectivity index (χ3v) is 3.01. The summed E-state index contributed by atoms with van der Waals surface area (Å²) in [7, 11) is 4.05. The van der Waals surface area contributed by atoms with E-state index in [0.29, 0.717) is 18.1 Å². The highest BCUT2D eigenvalue weighted by atomic mass is 15.6. The fourth-order valence-corrected chi connectivity index (χ4v) is 2.17. The van der Waals surface area contributed by atoms with Crippen LogP contribution in [0.5, 0.6) is 0 Å². The highest BCUT2D eigenvalue weighted by Crippen LogP contribution is 2.29. The summed E-state index contributed by atoms with van der Waals surface area (Å²) in [5.74, 6) is 0. The molecule has 0 spiro atoms. The van der Waals surface area contributed by atoms with Gasteiger partial charge in [0.1, 0.15) is 0 Å². The molecular formula is C8H16N4. The summed E-state index contributed by atoms with van der Waals surface area (Å²) in [5, 5.41) is 13.6. The lowest BCUT2D eigenvalue weighted by molar-refractivity contribution is 0.203. The average Bonchev–Trinajstić information content (AvgIpc) is 2.47. The molecular weight excluding hydrogens is 152 g/mol. The molecule has 0 aromatic carbocycles. The Kier molecular flexibility index (Phi) is 2.00. The van der Waals surface area contributed by atoms with Crippen molar-refractivity contribution >= 4 is 0 Å². The topological polar surface area (TPSA) is 40.0 Å². The quantitative estimate of drug-likeness (QED) is 0.629. The van der Waals surface area contributed by atoms with Gasteiger partial charge >= 0.3 is 0 Å². The minimum atomic E-state index is 0.446. The minimum Gasteiger partial charge on any atom is -0.317 e. The SMILES string of the molecule is CNC1CCC2C(C1)N=NN2C. The van der Waals surface area contributed by atoms with Crippen molar-refractivity contribution in [3.05, 3.63) is 0 Å². The molecule has 0 bridgehead atoms. The summed E-state index contributed by atoms with van der Waals surface area (Å²) >= 11 is 0. The van der Waals surface area contributed by atoms with Crippen molar-refractivity contribution < 1.29 is 0 Å². The van der Waals surface area contributed by atoms with Crippen LogP contribution in [0.1, 0.15) is 19.3 Å². The Morgan fingerprint density at radius 1 is 1.42 bits per heavy atom. The van der Waals surface area contributed by atoms with E-state index in [2.05, 4.69) is 15.7 Å². The molecule has 0 aromatic heterocycles. The zero-order valence-corrected chi connectivity index (χ0v) is 7.70. The van der Waals surface area contributed by atoms with Crippen LogP contribution in [-0.2, 0) is 0 Å². The Morgan fingerprint density at radius 2 is 2.25 bits per heavy atom. The monoisotopic (exact) mass is 168 g/mol. The number of nitrogens with zero attached hydrogens (tertiary/aromatic N) is 3. The Labute approximate surface area is 73.0 Å². The molecule has 1 aliphatic heterocycles. The third kappa shape index (κ3) is 1.20. The van der Waals surface area contributed by atoms with E-state index in [9.17, 15) is 0 Å². The second-order valence-corrected chi connectivity index (χ2v) is 3.71. The maximum absolute atomic E-state index is 4.25. The van der Waals surface area contributed by atoms with Gasteiger partial charge in [-0.2, -0.15) is 5.11 Å². The number of likely N-dealkylation sites (N-methyl/N-ethyl adjacent to an activating group) is 1. The lowest BCUT2D eigenvalue weighted by Crippen LogP contribution is -2.43. The molecule has 0 radical (unpaired) electrons. The second-order valence-electron chi connectivity index (χ2n) is 3.71. The molecule has 0 amide bonds. The van der Waals surface area contributed by atoms with Crippen LogP contribution < -0.4 is 5.32 Å². The molecule has 2 rings (SSSR count). The van der Waals surface area contributed by atoms with Crippen molar-refractivity contribution in [1.82, 2.24) is 10.3 Å². The molecule has 0 saturated heterocycles. The maximum atomic E-state index is 4.25. The van der Waals surface area contributed by atoms with Crippen LogP contribution in [-0.4, -0.2) is 37.2 Å². The third-order valence-electron chi connectivity index (χ3n) is 3.01. The predicted octanol–water partition coefficient (Wildman–Crippen LogP) is 0.808. The van der Waals surface area contributed by atoms with E-state index >= 15 is 0 Å². The summed E-state index contributed by atoms with van der Waals surface area (Å²) in [6.07, 6.45) is 3.63. The van der Waals surface area contributed by atoms with Gasteiger partial charge in [0.15, 0.2) is 0 Å². The molecule has 1 saturated carbocycles. The van der Waals surface area contributed by atoms with Gasteiger partial charge in [-0.15, -0.1) is 0 Å². The number of hydrogen-bond donors (Lipinski definition) is 1. The van der Waals surface area contributed by atoms with Gasteiger partial charge in [0.05, 0.1) is 12.1 Å². The number of fused-ring (bicyclic) bond motifs is 1. The molecule has 4 nitrogen and oxygen atoms in total. The van der Waals surface area contributed by atoms with Gasteiger partial charge in [0, 0.05) is 13.1 Å². The summed E-state index contributed by atoms with van der Waals surface area (Å²) < 4.78 is 0. The van der Waals surface area contributed by atoms with Crippen molar-refractivity contribution in [1.29, 1.82) is 0 Å². The molecule has 12 heavy (non-hydrogen) atoms. The van der Waals surface area contributed by atoms with Crippen LogP contribution in [0.25, 0.3) is 0 Å². The molecule has 1 aliphatic carbocycles. The van der Waals surface area contributed by atoms with Crippen LogP contribution in [0, 0.1) is 0 Å². The van der Waals surface area contributed by atoms with E-state index in [-0.39, 0.29) is 0 Å². The standard InChI is InChI=1S/C8H16N4/c1-9-6-3-4-8-7(5-6)10-11-12(8)2/h6-9H,3-5H2,1-2H3. The smallest absolute Gasteiger partial charge is 0.0964 e. The van der Waals surface area contributed by atoms with Crippen LogP contribution >= 0.6 is 0 Å². The molecule has 4 heteroatoms. The fraction of sp³-hybridized carbons (Fsp3) is 1.00. The molecule has 1 fully saturated rings. The van der Waals surface area contributed by atoms with E-state index in [4.69, 9.17) is 0 Å². The van der Waals surface area contributed by atoms with Gasteiger partial charge in [-0.1, -0.05) is 5.22 Å². The van der Waals surface area contributed by atoms with Crippen molar-refractivity contribution in [2.45, 2.75) is 37.4 Å². The predicted molar refractivity (Wildman–Crippen MR) is 46.9 cm³/mol. The van der Waals surface area contributed by atoms with Crippen LogP contribution in [0.3, 0.4) is 0 Å². The van der Waals surface area contributed by atoms with Crippen LogP contribution in [0.2, 0.25) is 0 Å². The van der Waals surface area contributed by atoms with E-state index in [1.54, 1.807) is 0 Å². The number of nitrogens with one attached hydrogen (secondary N) is 1. The lowest BCUT2D eigenvalue weighted by Gasteiger charge is -2.31. The Balaban J connectivity index is 1.99. The molecule has 3 atom stereocenters. The van der Waals surface area contributed by atoms with Crippen molar-refractivity contribution in [2.24, 2.45) is 10.3 Å². The maximum Gasteiger partial charge on any atom is 0.0964 e. The molecule has 2 aliphatic rings. The Bertz CT molecular complexity index is 191. The van der Waals surface area contributed by atoms with Gasteiger partial charge < -0.3 is 5.32 Å². The molecule has 1 N–H and O–H groups in total. The first kappa shape index (κ1) is 7.98. The van der Waals surface area contributed by atoms with Crippen molar-refractivity contribution in [3.8, 4) is 0 Å². The Morgan fingerprint density at radius 3 is 3.00 bits per heavy atom. The summed E-state index contributed by atoms with van der Waals surface area (Å²) in [6, 6.07) is 1.67. The molecule has 3 unspecified atom stereocenters. The van der Waals surface area contributed by atoms with E-state index in [1.807, 2.05) is 19.1 Å². The highest BCUT2D eigenvalue weighted by Gasteiger charge is 2.35. The van der Waals surface area contributed by atoms with Gasteiger partial charge in [0.2, 0.25) is 0 Å². The normalized spacial score (nSPS) is 40.2. The zero-order chi connectivity index (χ0) is 8.55. The summed E-state index contributed by atoms with van der Waals surface area (Å²) in [6.45, 7) is 0. The van der Waals surface area contributed by atoms with Gasteiger partial charge in [-0.3, -0.25) is 5.01 Å². The Hall–Kier alpha value is -0.640. The second kappa shape index (κ2) is 3.01.